The van der Waals surface area contributed by atoms with Gasteiger partial charge < -0.3 is 15.4 Å². The first-order valence-electron chi connectivity index (χ1n) is 9.93. The van der Waals surface area contributed by atoms with Crippen LogP contribution in [0.3, 0.4) is 0 Å². The number of hydrazine groups is 1. The summed E-state index contributed by atoms with van der Waals surface area (Å²) < 4.78 is 8.48. The Hall–Kier alpha value is -3.10. The van der Waals surface area contributed by atoms with Crippen LogP contribution in [0.1, 0.15) is 18.4 Å². The average Bonchev–Trinajstić information content (AvgIpc) is 2.85. The van der Waals surface area contributed by atoms with Gasteiger partial charge in [-0.2, -0.15) is 4.83 Å². The van der Waals surface area contributed by atoms with Crippen LogP contribution in [0, 0.1) is 11.8 Å². The molecule has 0 aliphatic heterocycles. The molecule has 0 unspecified atom stereocenters. The van der Waals surface area contributed by atoms with Crippen LogP contribution in [-0.2, 0) is 16.0 Å². The van der Waals surface area contributed by atoms with Crippen molar-refractivity contribution in [2.75, 3.05) is 32.1 Å². The number of methoxy groups -OCH3 is 1. The topological polar surface area (TPSA) is 133 Å². The predicted octanol–water partition coefficient (Wildman–Crippen LogP) is 2.15. The Morgan fingerprint density at radius 1 is 1.22 bits per heavy atom. The van der Waals surface area contributed by atoms with Gasteiger partial charge in [0.25, 0.3) is 0 Å². The van der Waals surface area contributed by atoms with Gasteiger partial charge in [-0.05, 0) is 48.2 Å². The molecule has 0 aliphatic rings. The van der Waals surface area contributed by atoms with Gasteiger partial charge in [-0.3, -0.25) is 15.0 Å². The Kier molecular flexibility index (Phi) is 13.2. The average molecular weight is 459 g/mol. The number of benzene rings is 2. The molecule has 2 aromatic rings. The molecule has 0 aliphatic carbocycles. The zero-order chi connectivity index (χ0) is 23.8. The van der Waals surface area contributed by atoms with Gasteiger partial charge in [-0.1, -0.05) is 30.3 Å². The monoisotopic (exact) mass is 458 g/mol. The first kappa shape index (κ1) is 26.9. The molecule has 0 spiro atoms. The van der Waals surface area contributed by atoms with Gasteiger partial charge in [0.2, 0.25) is 12.3 Å². The summed E-state index contributed by atoms with van der Waals surface area (Å²) in [4.78, 5) is 26.8. The Bertz CT molecular complexity index is 860. The van der Waals surface area contributed by atoms with E-state index >= 15 is 0 Å². The molecule has 0 fully saturated rings. The number of hydrogen-bond donors (Lipinski definition) is 4. The van der Waals surface area contributed by atoms with E-state index in [9.17, 15) is 9.59 Å². The number of carbonyl (C=O) groups excluding carboxylic acids is 2. The standard InChI is InChI=1S/C21H29N5O3S.CHN/c1-26(15-27)19-14-18(9-10-20(19)29-2)17-7-5-16(6-8-17)11-13-23-30-25-24-21(28)4-3-12-22;1-2/h5-10,14-15,23,25H,3-4,11-13,22H2,1-2H3,(H,24,28);1H. The lowest BCUT2D eigenvalue weighted by Gasteiger charge is -2.16. The van der Waals surface area contributed by atoms with E-state index in [0.29, 0.717) is 25.1 Å². The van der Waals surface area contributed by atoms with E-state index in [2.05, 4.69) is 45.8 Å². The van der Waals surface area contributed by atoms with E-state index in [1.54, 1.807) is 14.2 Å². The number of nitrogens with one attached hydrogen (secondary N) is 3. The van der Waals surface area contributed by atoms with Crippen LogP contribution in [-0.4, -0.2) is 39.6 Å². The van der Waals surface area contributed by atoms with Crippen LogP contribution in [0.15, 0.2) is 42.5 Å². The highest BCUT2D eigenvalue weighted by molar-refractivity contribution is 7.95. The van der Waals surface area contributed by atoms with Gasteiger partial charge in [0.15, 0.2) is 0 Å². The van der Waals surface area contributed by atoms with Crippen molar-refractivity contribution in [3.05, 3.63) is 48.0 Å². The fourth-order valence-electron chi connectivity index (χ4n) is 2.76. The zero-order valence-electron chi connectivity index (χ0n) is 18.3. The third-order valence-electron chi connectivity index (χ3n) is 4.44. The maximum Gasteiger partial charge on any atom is 0.234 e. The molecule has 0 saturated heterocycles. The number of nitrogens with two attached hydrogens (primary N) is 1. The normalized spacial score (nSPS) is 9.91. The number of nitrogens with zero attached hydrogens (tertiary/aromatic N) is 2. The van der Waals surface area contributed by atoms with E-state index in [-0.39, 0.29) is 5.91 Å². The molecule has 10 heteroatoms. The summed E-state index contributed by atoms with van der Waals surface area (Å²) in [6, 6.07) is 14.1. The lowest BCUT2D eigenvalue weighted by atomic mass is 10.0. The highest BCUT2D eigenvalue weighted by Gasteiger charge is 2.10. The Balaban J connectivity index is 0.00000249. The largest absolute Gasteiger partial charge is 0.495 e. The predicted molar refractivity (Wildman–Crippen MR) is 128 cm³/mol. The molecule has 2 amide bonds. The van der Waals surface area contributed by atoms with E-state index < -0.39 is 0 Å². The van der Waals surface area contributed by atoms with Crippen LogP contribution in [0.2, 0.25) is 0 Å². The van der Waals surface area contributed by atoms with Crippen molar-refractivity contribution in [3.8, 4) is 23.4 Å². The fourth-order valence-corrected chi connectivity index (χ4v) is 3.20. The molecule has 9 nitrogen and oxygen atoms in total. The molecule has 0 aromatic heterocycles. The van der Waals surface area contributed by atoms with Crippen molar-refractivity contribution in [2.45, 2.75) is 19.3 Å². The minimum absolute atomic E-state index is 0.0774. The van der Waals surface area contributed by atoms with E-state index in [1.165, 1.54) is 22.6 Å². The molecule has 0 heterocycles. The van der Waals surface area contributed by atoms with Crippen molar-refractivity contribution >= 4 is 30.1 Å². The van der Waals surface area contributed by atoms with Crippen LogP contribution in [0.5, 0.6) is 5.75 Å². The van der Waals surface area contributed by atoms with Crippen LogP contribution < -0.4 is 30.3 Å². The smallest absolute Gasteiger partial charge is 0.234 e. The third kappa shape index (κ3) is 8.95. The lowest BCUT2D eigenvalue weighted by Crippen LogP contribution is -2.35. The van der Waals surface area contributed by atoms with Crippen molar-refractivity contribution < 1.29 is 14.3 Å². The minimum Gasteiger partial charge on any atom is -0.495 e. The van der Waals surface area contributed by atoms with Gasteiger partial charge in [0.1, 0.15) is 5.75 Å². The number of ether oxygens (including phenoxy) is 1. The molecule has 2 rings (SSSR count). The van der Waals surface area contributed by atoms with Crippen molar-refractivity contribution in [1.82, 2.24) is 15.0 Å². The zero-order valence-corrected chi connectivity index (χ0v) is 19.2. The number of amides is 2. The summed E-state index contributed by atoms with van der Waals surface area (Å²) in [5.41, 5.74) is 11.9. The quantitative estimate of drug-likeness (QED) is 0.155. The second-order valence-electron chi connectivity index (χ2n) is 6.59. The molecule has 0 bridgehead atoms. The second kappa shape index (κ2) is 15.7. The van der Waals surface area contributed by atoms with Crippen molar-refractivity contribution in [2.24, 2.45) is 5.73 Å². The molecular formula is C22H30N6O3S. The molecule has 0 radical (unpaired) electrons. The van der Waals surface area contributed by atoms with Gasteiger partial charge >= 0.3 is 0 Å². The first-order valence-corrected chi connectivity index (χ1v) is 10.7. The van der Waals surface area contributed by atoms with Crippen LogP contribution in [0.25, 0.3) is 11.1 Å². The molecule has 172 valence electrons. The number of carbonyl (C=O) groups is 2. The van der Waals surface area contributed by atoms with Crippen LogP contribution >= 0.6 is 12.1 Å². The van der Waals surface area contributed by atoms with Crippen molar-refractivity contribution in [3.63, 3.8) is 0 Å². The molecular weight excluding hydrogens is 428 g/mol. The Labute approximate surface area is 193 Å². The summed E-state index contributed by atoms with van der Waals surface area (Å²) in [5, 5.41) is 6.50. The molecule has 32 heavy (non-hydrogen) atoms. The van der Waals surface area contributed by atoms with E-state index in [0.717, 1.165) is 36.2 Å². The van der Waals surface area contributed by atoms with Gasteiger partial charge in [0.05, 0.1) is 12.8 Å². The number of nitriles is 1. The van der Waals surface area contributed by atoms with Gasteiger partial charge in [-0.15, -0.1) is 0 Å². The summed E-state index contributed by atoms with van der Waals surface area (Å²) in [7, 11) is 3.28. The highest BCUT2D eigenvalue weighted by Crippen LogP contribution is 2.32. The molecule has 0 atom stereocenters. The fraction of sp³-hybridized carbons (Fsp3) is 0.318. The summed E-state index contributed by atoms with van der Waals surface area (Å²) in [6.45, 7) is 4.75. The summed E-state index contributed by atoms with van der Waals surface area (Å²) >= 11 is 1.24. The SMILES string of the molecule is C#N.COc1ccc(-c2ccc(CCNSNNC(=O)CCCN)cc2)cc1N(C)C=O. The van der Waals surface area contributed by atoms with Gasteiger partial charge in [0, 0.05) is 38.7 Å². The maximum atomic E-state index is 11.4. The van der Waals surface area contributed by atoms with E-state index in [4.69, 9.17) is 15.7 Å². The van der Waals surface area contributed by atoms with Crippen molar-refractivity contribution in [1.29, 1.82) is 5.26 Å². The van der Waals surface area contributed by atoms with Gasteiger partial charge in [-0.25, -0.2) is 9.98 Å². The number of anilines is 1. The molecule has 5 N–H and O–H groups in total. The summed E-state index contributed by atoms with van der Waals surface area (Å²) in [6.07, 6.45) is 2.69. The summed E-state index contributed by atoms with van der Waals surface area (Å²) in [5.74, 6) is 0.573. The van der Waals surface area contributed by atoms with E-state index in [1.807, 2.05) is 18.2 Å². The lowest BCUT2D eigenvalue weighted by molar-refractivity contribution is -0.121. The Morgan fingerprint density at radius 2 is 1.91 bits per heavy atom. The number of rotatable bonds is 13. The molecule has 2 aromatic carbocycles. The maximum absolute atomic E-state index is 11.4. The first-order chi connectivity index (χ1) is 15.6. The highest BCUT2D eigenvalue weighted by atomic mass is 32.2. The third-order valence-corrected chi connectivity index (χ3v) is 4.99. The minimum atomic E-state index is -0.0774. The number of hydrogen-bond acceptors (Lipinski definition) is 8. The van der Waals surface area contributed by atoms with Crippen LogP contribution in [0.4, 0.5) is 5.69 Å². The molecule has 0 saturated carbocycles. The second-order valence-corrected chi connectivity index (χ2v) is 7.29. The Morgan fingerprint density at radius 3 is 2.53 bits per heavy atom.